The molecule has 1 aromatic carbocycles. The topological polar surface area (TPSA) is 29.5 Å². The molecular weight excluding hydrogens is 401 g/mol. The number of hydrogen-bond acceptors (Lipinski definition) is 3. The normalized spacial score (nSPS) is 30.7. The second-order valence-electron chi connectivity index (χ2n) is 6.66. The molecule has 0 N–H and O–H groups in total. The van der Waals surface area contributed by atoms with Gasteiger partial charge in [0.1, 0.15) is 0 Å². The van der Waals surface area contributed by atoms with E-state index in [0.29, 0.717) is 12.1 Å². The molecule has 3 rings (SSSR count). The molecule has 4 heteroatoms. The minimum atomic E-state index is -0.0518. The van der Waals surface area contributed by atoms with Crippen LogP contribution >= 0.6 is 22.6 Å². The lowest BCUT2D eigenvalue weighted by Gasteiger charge is -2.43. The predicted molar refractivity (Wildman–Crippen MR) is 101 cm³/mol. The second-order valence-corrected chi connectivity index (χ2v) is 7.38. The van der Waals surface area contributed by atoms with Crippen molar-refractivity contribution in [1.82, 2.24) is 4.90 Å². The molecule has 124 valence electrons. The van der Waals surface area contributed by atoms with Gasteiger partial charge >= 0.3 is 5.97 Å². The van der Waals surface area contributed by atoms with Gasteiger partial charge < -0.3 is 4.74 Å². The summed E-state index contributed by atoms with van der Waals surface area (Å²) in [4.78, 5) is 15.1. The van der Waals surface area contributed by atoms with Crippen molar-refractivity contribution in [2.75, 3.05) is 13.7 Å². The molecule has 2 saturated heterocycles. The van der Waals surface area contributed by atoms with E-state index in [-0.39, 0.29) is 17.8 Å². The minimum Gasteiger partial charge on any atom is -0.469 e. The van der Waals surface area contributed by atoms with Crippen LogP contribution in [0.3, 0.4) is 0 Å². The molecule has 2 heterocycles. The molecule has 0 aromatic heterocycles. The van der Waals surface area contributed by atoms with E-state index in [1.807, 2.05) is 0 Å². The van der Waals surface area contributed by atoms with Crippen LogP contribution in [0.15, 0.2) is 34.4 Å². The number of ether oxygens (including phenoxy) is 1. The number of carbonyl (C=O) groups excluding carboxylic acids is 1. The maximum atomic E-state index is 12.6. The van der Waals surface area contributed by atoms with Gasteiger partial charge in [-0.3, -0.25) is 9.69 Å². The van der Waals surface area contributed by atoms with Crippen LogP contribution < -0.4 is 0 Å². The largest absolute Gasteiger partial charge is 0.469 e. The number of esters is 1. The van der Waals surface area contributed by atoms with Crippen LogP contribution in [0.4, 0.5) is 0 Å². The molecule has 0 aliphatic carbocycles. The molecule has 2 unspecified atom stereocenters. The van der Waals surface area contributed by atoms with Gasteiger partial charge in [0, 0.05) is 24.5 Å². The highest BCUT2D eigenvalue weighted by atomic mass is 127. The minimum absolute atomic E-state index is 0.0515. The fourth-order valence-electron chi connectivity index (χ4n) is 4.37. The van der Waals surface area contributed by atoms with Crippen LogP contribution in [-0.4, -0.2) is 36.6 Å². The first-order valence-corrected chi connectivity index (χ1v) is 9.55. The molecule has 2 aliphatic heterocycles. The van der Waals surface area contributed by atoms with Crippen molar-refractivity contribution >= 4 is 28.6 Å². The van der Waals surface area contributed by atoms with Crippen LogP contribution in [0.2, 0.25) is 0 Å². The average molecular weight is 425 g/mol. The van der Waals surface area contributed by atoms with Gasteiger partial charge in [0.05, 0.1) is 13.0 Å². The number of carbonyl (C=O) groups is 1. The molecular formula is C19H24INO2. The summed E-state index contributed by atoms with van der Waals surface area (Å²) in [5, 5.41) is 0. The quantitative estimate of drug-likeness (QED) is 0.539. The summed E-state index contributed by atoms with van der Waals surface area (Å²) in [5.74, 6) is 0.175. The Morgan fingerprint density at radius 3 is 2.74 bits per heavy atom. The summed E-state index contributed by atoms with van der Waals surface area (Å²) in [6.07, 6.45) is 5.53. The van der Waals surface area contributed by atoms with Gasteiger partial charge in [-0.2, -0.15) is 0 Å². The lowest BCUT2D eigenvalue weighted by atomic mass is 9.76. The van der Waals surface area contributed by atoms with E-state index in [0.717, 1.165) is 19.4 Å². The average Bonchev–Trinajstić information content (AvgIpc) is 2.84. The third-order valence-corrected chi connectivity index (χ3v) is 5.96. The van der Waals surface area contributed by atoms with Crippen molar-refractivity contribution in [2.24, 2.45) is 5.92 Å². The van der Waals surface area contributed by atoms with Gasteiger partial charge in [0.15, 0.2) is 0 Å². The number of piperidine rings is 1. The molecule has 2 bridgehead atoms. The van der Waals surface area contributed by atoms with Crippen LogP contribution in [0.25, 0.3) is 0 Å². The first-order valence-electron chi connectivity index (χ1n) is 8.31. The summed E-state index contributed by atoms with van der Waals surface area (Å²) in [5.41, 5.74) is 2.54. The Morgan fingerprint density at radius 2 is 2.09 bits per heavy atom. The molecule has 2 fully saturated rings. The number of benzene rings is 1. The highest BCUT2D eigenvalue weighted by molar-refractivity contribution is 14.1. The Labute approximate surface area is 152 Å². The van der Waals surface area contributed by atoms with Crippen molar-refractivity contribution in [3.63, 3.8) is 0 Å². The highest BCUT2D eigenvalue weighted by Crippen LogP contribution is 2.47. The summed E-state index contributed by atoms with van der Waals surface area (Å²) in [6, 6.07) is 9.57. The predicted octanol–water partition coefficient (Wildman–Crippen LogP) is 4.05. The zero-order valence-corrected chi connectivity index (χ0v) is 15.9. The smallest absolute Gasteiger partial charge is 0.310 e. The number of nitrogens with zero attached hydrogens (tertiary/aromatic N) is 1. The van der Waals surface area contributed by atoms with Gasteiger partial charge in [0.2, 0.25) is 0 Å². The summed E-state index contributed by atoms with van der Waals surface area (Å²) in [6.45, 7) is 3.04. The number of aryl methyl sites for hydroxylation is 1. The van der Waals surface area contributed by atoms with E-state index in [4.69, 9.17) is 4.74 Å². The summed E-state index contributed by atoms with van der Waals surface area (Å²) < 4.78 is 7.25. The Balaban J connectivity index is 1.91. The van der Waals surface area contributed by atoms with E-state index in [1.54, 1.807) is 0 Å². The Hall–Kier alpha value is -0.880. The van der Waals surface area contributed by atoms with E-state index in [2.05, 4.69) is 68.8 Å². The second kappa shape index (κ2) is 7.34. The zero-order chi connectivity index (χ0) is 16.4. The Morgan fingerprint density at radius 1 is 1.35 bits per heavy atom. The van der Waals surface area contributed by atoms with E-state index in [1.165, 1.54) is 24.7 Å². The number of methoxy groups -OCH3 is 1. The molecule has 23 heavy (non-hydrogen) atoms. The van der Waals surface area contributed by atoms with Crippen LogP contribution in [-0.2, 0) is 9.53 Å². The fraction of sp³-hybridized carbons (Fsp3) is 0.526. The first kappa shape index (κ1) is 17.0. The van der Waals surface area contributed by atoms with Crippen LogP contribution in [0, 0.1) is 12.8 Å². The maximum Gasteiger partial charge on any atom is 0.310 e. The SMILES string of the molecule is COC(=O)[C@@H]1C2CCC(C[C@@H]1c1ccc(C)cc1)N2C/C=C/I. The zero-order valence-electron chi connectivity index (χ0n) is 13.7. The van der Waals surface area contributed by atoms with E-state index < -0.39 is 0 Å². The lowest BCUT2D eigenvalue weighted by molar-refractivity contribution is -0.150. The van der Waals surface area contributed by atoms with Crippen molar-refractivity contribution in [3.05, 3.63) is 45.6 Å². The number of halogens is 1. The van der Waals surface area contributed by atoms with Crippen molar-refractivity contribution in [2.45, 2.75) is 44.2 Å². The molecule has 3 nitrogen and oxygen atoms in total. The molecule has 0 saturated carbocycles. The van der Waals surface area contributed by atoms with Gasteiger partial charge in [-0.1, -0.05) is 58.5 Å². The van der Waals surface area contributed by atoms with Gasteiger partial charge in [0.25, 0.3) is 0 Å². The van der Waals surface area contributed by atoms with Crippen LogP contribution in [0.5, 0.6) is 0 Å². The van der Waals surface area contributed by atoms with Crippen LogP contribution in [0.1, 0.15) is 36.3 Å². The van der Waals surface area contributed by atoms with Gasteiger partial charge in [-0.15, -0.1) is 0 Å². The molecule has 0 amide bonds. The van der Waals surface area contributed by atoms with Crippen molar-refractivity contribution in [3.8, 4) is 0 Å². The number of hydrogen-bond donors (Lipinski definition) is 0. The lowest BCUT2D eigenvalue weighted by Crippen LogP contribution is -2.50. The Bertz CT molecular complexity index is 584. The third-order valence-electron chi connectivity index (χ3n) is 5.45. The Kier molecular flexibility index (Phi) is 5.42. The monoisotopic (exact) mass is 425 g/mol. The molecule has 1 aromatic rings. The van der Waals surface area contributed by atoms with E-state index in [9.17, 15) is 4.79 Å². The first-order chi connectivity index (χ1) is 11.2. The maximum absolute atomic E-state index is 12.6. The van der Waals surface area contributed by atoms with E-state index >= 15 is 0 Å². The summed E-state index contributed by atoms with van der Waals surface area (Å²) in [7, 11) is 1.52. The molecule has 0 spiro atoms. The molecule has 2 aliphatic rings. The van der Waals surface area contributed by atoms with Gasteiger partial charge in [-0.25, -0.2) is 0 Å². The fourth-order valence-corrected chi connectivity index (χ4v) is 4.60. The third kappa shape index (κ3) is 3.33. The van der Waals surface area contributed by atoms with Gasteiger partial charge in [-0.05, 0) is 35.8 Å². The number of rotatable bonds is 4. The highest BCUT2D eigenvalue weighted by Gasteiger charge is 2.50. The standard InChI is InChI=1S/C19H24INO2/c1-13-4-6-14(7-5-13)16-12-15-8-9-17(18(16)19(22)23-2)21(15)11-3-10-20/h3-7,10,15-18H,8-9,11-12H2,1-2H3/b10-3+/t15?,16-,17?,18+/m1/s1. The molecule has 0 radical (unpaired) electrons. The van der Waals surface area contributed by atoms with Crippen molar-refractivity contribution < 1.29 is 9.53 Å². The van der Waals surface area contributed by atoms with Crippen molar-refractivity contribution in [1.29, 1.82) is 0 Å². The summed E-state index contributed by atoms with van der Waals surface area (Å²) >= 11 is 2.26. The molecule has 4 atom stereocenters. The number of fused-ring (bicyclic) bond motifs is 2.